The largest absolute Gasteiger partial charge is 0.507 e. The lowest BCUT2D eigenvalue weighted by Gasteiger charge is -2.49. The first kappa shape index (κ1) is 23.1. The van der Waals surface area contributed by atoms with Crippen molar-refractivity contribution in [3.8, 4) is 11.5 Å². The highest BCUT2D eigenvalue weighted by molar-refractivity contribution is 6.17. The summed E-state index contributed by atoms with van der Waals surface area (Å²) in [7, 11) is 0. The summed E-state index contributed by atoms with van der Waals surface area (Å²) >= 11 is 0. The Kier molecular flexibility index (Phi) is 5.44. The van der Waals surface area contributed by atoms with E-state index in [-0.39, 0.29) is 16.7 Å². The minimum atomic E-state index is -2.52. The Balaban J connectivity index is 2.08. The van der Waals surface area contributed by atoms with Crippen LogP contribution in [-0.2, 0) is 10.3 Å². The van der Waals surface area contributed by atoms with Crippen LogP contribution in [0.1, 0.15) is 43.0 Å². The van der Waals surface area contributed by atoms with E-state index in [0.29, 0.717) is 0 Å². The van der Waals surface area contributed by atoms with Crippen molar-refractivity contribution < 1.29 is 55.2 Å². The number of aliphatic hydroxyl groups excluding tert-OH is 4. The van der Waals surface area contributed by atoms with Gasteiger partial charge in [0.25, 0.3) is 0 Å². The Morgan fingerprint density at radius 3 is 2.33 bits per heavy atom. The third-order valence-corrected chi connectivity index (χ3v) is 6.33. The number of aromatic carboxylic acids is 1. The van der Waals surface area contributed by atoms with Crippen molar-refractivity contribution in [1.29, 1.82) is 0 Å². The molecule has 176 valence electrons. The third-order valence-electron chi connectivity index (χ3n) is 6.33. The van der Waals surface area contributed by atoms with Gasteiger partial charge < -0.3 is 45.6 Å². The van der Waals surface area contributed by atoms with E-state index in [9.17, 15) is 50.4 Å². The number of ether oxygens (including phenoxy) is 1. The Morgan fingerprint density at radius 1 is 1.06 bits per heavy atom. The minimum Gasteiger partial charge on any atom is -0.507 e. The summed E-state index contributed by atoms with van der Waals surface area (Å²) < 4.78 is 5.57. The SMILES string of the molecule is Cc1cc2c(c(O)c1C(=O)O)C(=O)c1c(O)cccc1[C@@]2(O)[C@@H]1O[C@H](CO)[C@@H](O)[C@H](O)[C@H]1O. The van der Waals surface area contributed by atoms with Crippen molar-refractivity contribution in [1.82, 2.24) is 0 Å². The first-order valence-corrected chi connectivity index (χ1v) is 9.97. The van der Waals surface area contributed by atoms with Gasteiger partial charge in [-0.05, 0) is 18.6 Å². The number of aryl methyl sites for hydroxylation is 1. The van der Waals surface area contributed by atoms with Crippen LogP contribution in [0.3, 0.4) is 0 Å². The highest BCUT2D eigenvalue weighted by atomic mass is 16.6. The summed E-state index contributed by atoms with van der Waals surface area (Å²) in [5.41, 5.74) is -4.84. The van der Waals surface area contributed by atoms with E-state index in [4.69, 9.17) is 4.74 Å². The molecule has 0 unspecified atom stereocenters. The Hall–Kier alpha value is -3.06. The maximum atomic E-state index is 13.3. The molecule has 1 aliphatic carbocycles. The van der Waals surface area contributed by atoms with Gasteiger partial charge in [-0.2, -0.15) is 0 Å². The number of carbonyl (C=O) groups is 2. The predicted molar refractivity (Wildman–Crippen MR) is 108 cm³/mol. The number of aliphatic hydroxyl groups is 5. The number of ketones is 1. The van der Waals surface area contributed by atoms with Gasteiger partial charge in [0.2, 0.25) is 5.78 Å². The van der Waals surface area contributed by atoms with Gasteiger partial charge in [0.05, 0.1) is 17.7 Å². The van der Waals surface area contributed by atoms with Gasteiger partial charge in [-0.25, -0.2) is 4.79 Å². The number of fused-ring (bicyclic) bond motifs is 2. The molecule has 2 aliphatic rings. The van der Waals surface area contributed by atoms with Crippen molar-refractivity contribution in [3.05, 3.63) is 57.6 Å². The summed E-state index contributed by atoms with van der Waals surface area (Å²) in [5.74, 6) is -4.07. The van der Waals surface area contributed by atoms with Crippen LogP contribution in [0.15, 0.2) is 24.3 Å². The molecule has 1 heterocycles. The monoisotopic (exact) mass is 462 g/mol. The fourth-order valence-corrected chi connectivity index (χ4v) is 4.72. The second-order valence-corrected chi connectivity index (χ2v) is 8.19. The molecule has 6 atom stereocenters. The molecule has 2 aromatic rings. The highest BCUT2D eigenvalue weighted by Gasteiger charge is 2.58. The second-order valence-electron chi connectivity index (χ2n) is 8.19. The van der Waals surface area contributed by atoms with Gasteiger partial charge in [-0.3, -0.25) is 4.79 Å². The van der Waals surface area contributed by atoms with E-state index in [1.165, 1.54) is 19.1 Å². The number of carboxylic acid groups (broad SMARTS) is 1. The maximum absolute atomic E-state index is 13.3. The van der Waals surface area contributed by atoms with Gasteiger partial charge >= 0.3 is 5.97 Å². The summed E-state index contributed by atoms with van der Waals surface area (Å²) in [5, 5.41) is 83.4. The smallest absolute Gasteiger partial charge is 0.339 e. The Morgan fingerprint density at radius 2 is 1.73 bits per heavy atom. The van der Waals surface area contributed by atoms with Crippen LogP contribution in [0.2, 0.25) is 0 Å². The van der Waals surface area contributed by atoms with Crippen molar-refractivity contribution >= 4 is 11.8 Å². The zero-order chi connectivity index (χ0) is 24.4. The molecule has 4 rings (SSSR count). The number of phenols is 2. The van der Waals surface area contributed by atoms with Crippen LogP contribution in [0.4, 0.5) is 0 Å². The predicted octanol–water partition coefficient (Wildman–Crippen LogP) is -1.27. The van der Waals surface area contributed by atoms with Crippen LogP contribution in [-0.4, -0.2) is 89.7 Å². The van der Waals surface area contributed by atoms with Gasteiger partial charge in [-0.1, -0.05) is 18.2 Å². The molecule has 11 nitrogen and oxygen atoms in total. The number of carbonyl (C=O) groups excluding carboxylic acids is 1. The minimum absolute atomic E-state index is 0.0295. The first-order chi connectivity index (χ1) is 15.5. The average Bonchev–Trinajstić information content (AvgIpc) is 2.75. The molecule has 0 bridgehead atoms. The van der Waals surface area contributed by atoms with Crippen LogP contribution in [0.25, 0.3) is 0 Å². The topological polar surface area (TPSA) is 205 Å². The number of benzene rings is 2. The molecule has 2 aromatic carbocycles. The number of hydrogen-bond donors (Lipinski definition) is 8. The molecule has 1 aliphatic heterocycles. The zero-order valence-corrected chi connectivity index (χ0v) is 17.2. The van der Waals surface area contributed by atoms with Crippen molar-refractivity contribution in [2.45, 2.75) is 43.0 Å². The van der Waals surface area contributed by atoms with Gasteiger partial charge in [-0.15, -0.1) is 0 Å². The summed E-state index contributed by atoms with van der Waals surface area (Å²) in [6, 6.07) is 4.83. The first-order valence-electron chi connectivity index (χ1n) is 9.97. The molecular formula is C22H22O11. The van der Waals surface area contributed by atoms with Crippen LogP contribution in [0, 0.1) is 6.92 Å². The van der Waals surface area contributed by atoms with Crippen molar-refractivity contribution in [3.63, 3.8) is 0 Å². The molecule has 1 saturated heterocycles. The van der Waals surface area contributed by atoms with E-state index in [0.717, 1.165) is 12.1 Å². The van der Waals surface area contributed by atoms with Gasteiger partial charge in [0.1, 0.15) is 53.2 Å². The molecule has 0 saturated carbocycles. The Bertz CT molecular complexity index is 1160. The molecule has 33 heavy (non-hydrogen) atoms. The maximum Gasteiger partial charge on any atom is 0.339 e. The van der Waals surface area contributed by atoms with E-state index >= 15 is 0 Å². The van der Waals surface area contributed by atoms with Crippen LogP contribution < -0.4 is 0 Å². The number of hydrogen-bond acceptors (Lipinski definition) is 10. The average molecular weight is 462 g/mol. The molecular weight excluding hydrogens is 440 g/mol. The standard InChI is InChI=1S/C22H22O11/c1-7-5-9-14(16(26)12(7)21(30)31)17(27)13-8(3-2-4-10(13)24)22(9,32)20-19(29)18(28)15(25)11(6-23)33-20/h2-5,11,15,18-20,23-26,28-29,32H,6H2,1H3,(H,30,31)/t11-,15-,18+,19-,20-,22+/m1/s1. The quantitative estimate of drug-likeness (QED) is 0.270. The van der Waals surface area contributed by atoms with Crippen molar-refractivity contribution in [2.24, 2.45) is 0 Å². The summed E-state index contributed by atoms with van der Waals surface area (Å²) in [6.45, 7) is 0.526. The lowest BCUT2D eigenvalue weighted by Crippen LogP contribution is -2.65. The Labute approximate surface area is 186 Å². The van der Waals surface area contributed by atoms with Crippen LogP contribution in [0.5, 0.6) is 11.5 Å². The zero-order valence-electron chi connectivity index (χ0n) is 17.2. The lowest BCUT2D eigenvalue weighted by atomic mass is 9.67. The highest BCUT2D eigenvalue weighted by Crippen LogP contribution is 2.50. The molecule has 0 spiro atoms. The molecule has 0 amide bonds. The van der Waals surface area contributed by atoms with Gasteiger partial charge in [0.15, 0.2) is 0 Å². The van der Waals surface area contributed by atoms with E-state index in [1.807, 2.05) is 0 Å². The van der Waals surface area contributed by atoms with E-state index in [1.54, 1.807) is 0 Å². The fourth-order valence-electron chi connectivity index (χ4n) is 4.72. The number of rotatable bonds is 3. The summed E-state index contributed by atoms with van der Waals surface area (Å²) in [6.07, 6.45) is -8.78. The lowest BCUT2D eigenvalue weighted by molar-refractivity contribution is -0.265. The normalized spacial score (nSPS) is 31.1. The van der Waals surface area contributed by atoms with E-state index < -0.39 is 82.7 Å². The number of carboxylic acids is 1. The van der Waals surface area contributed by atoms with E-state index in [2.05, 4.69) is 0 Å². The molecule has 8 N–H and O–H groups in total. The molecule has 0 aromatic heterocycles. The van der Waals surface area contributed by atoms with Crippen LogP contribution >= 0.6 is 0 Å². The second kappa shape index (κ2) is 7.76. The fraction of sp³-hybridized carbons (Fsp3) is 0.364. The molecule has 1 fully saturated rings. The number of phenolic OH excluding ortho intramolecular Hbond substituents is 1. The number of aromatic hydroxyl groups is 2. The van der Waals surface area contributed by atoms with Crippen molar-refractivity contribution in [2.75, 3.05) is 6.61 Å². The molecule has 11 heteroatoms. The summed E-state index contributed by atoms with van der Waals surface area (Å²) in [4.78, 5) is 25.0. The molecule has 0 radical (unpaired) electrons. The van der Waals surface area contributed by atoms with Gasteiger partial charge in [0, 0.05) is 11.1 Å². The third kappa shape index (κ3) is 3.05.